The first-order valence-electron chi connectivity index (χ1n) is 11.1. The Morgan fingerprint density at radius 1 is 1.18 bits per heavy atom. The molecule has 1 aliphatic heterocycles. The zero-order chi connectivity index (χ0) is 24.2. The molecule has 6 nitrogen and oxygen atoms in total. The summed E-state index contributed by atoms with van der Waals surface area (Å²) in [6.07, 6.45) is 6.50. The highest BCUT2D eigenvalue weighted by atomic mass is 35.5. The van der Waals surface area contributed by atoms with E-state index in [-0.39, 0.29) is 18.0 Å². The van der Waals surface area contributed by atoms with E-state index in [1.165, 1.54) is 21.1 Å². The van der Waals surface area contributed by atoms with E-state index in [1.54, 1.807) is 18.3 Å². The number of carbonyl (C=O) groups is 1. The van der Waals surface area contributed by atoms with Crippen molar-refractivity contribution in [3.63, 3.8) is 0 Å². The van der Waals surface area contributed by atoms with E-state index < -0.39 is 0 Å². The van der Waals surface area contributed by atoms with Gasteiger partial charge < -0.3 is 5.32 Å². The van der Waals surface area contributed by atoms with E-state index in [0.29, 0.717) is 37.8 Å². The Labute approximate surface area is 213 Å². The summed E-state index contributed by atoms with van der Waals surface area (Å²) in [5, 5.41) is 3.88. The number of thioether (sulfide) groups is 1. The number of carbonyl (C=O) groups excluding carboxylic acids is 1. The normalized spacial score (nSPS) is 15.0. The Morgan fingerprint density at radius 3 is 2.74 bits per heavy atom. The van der Waals surface area contributed by atoms with E-state index in [2.05, 4.69) is 17.2 Å². The van der Waals surface area contributed by atoms with Crippen LogP contribution in [0.25, 0.3) is 11.7 Å². The van der Waals surface area contributed by atoms with Gasteiger partial charge in [-0.25, -0.2) is 4.98 Å². The van der Waals surface area contributed by atoms with Crippen LogP contribution in [-0.4, -0.2) is 31.1 Å². The predicted molar refractivity (Wildman–Crippen MR) is 144 cm³/mol. The van der Waals surface area contributed by atoms with Crippen LogP contribution in [0.1, 0.15) is 42.9 Å². The van der Waals surface area contributed by atoms with E-state index in [0.717, 1.165) is 30.4 Å². The summed E-state index contributed by atoms with van der Waals surface area (Å²) in [6, 6.07) is 11.1. The fourth-order valence-electron chi connectivity index (χ4n) is 3.67. The van der Waals surface area contributed by atoms with Crippen molar-refractivity contribution in [3.8, 4) is 0 Å². The third-order valence-corrected chi connectivity index (χ3v) is 7.26. The molecule has 34 heavy (non-hydrogen) atoms. The highest BCUT2D eigenvalue weighted by Crippen LogP contribution is 2.34. The molecule has 0 radical (unpaired) electrons. The maximum absolute atomic E-state index is 13.4. The molecule has 1 saturated heterocycles. The summed E-state index contributed by atoms with van der Waals surface area (Å²) in [4.78, 5) is 33.3. The molecular formula is C25H25ClN4O2S2. The van der Waals surface area contributed by atoms with Crippen molar-refractivity contribution in [1.82, 2.24) is 14.3 Å². The first-order valence-corrected chi connectivity index (χ1v) is 12.7. The first-order chi connectivity index (χ1) is 16.4. The van der Waals surface area contributed by atoms with Gasteiger partial charge >= 0.3 is 0 Å². The number of hydrogen-bond acceptors (Lipinski definition) is 6. The Balaban J connectivity index is 1.71. The van der Waals surface area contributed by atoms with Crippen molar-refractivity contribution in [2.75, 3.05) is 11.9 Å². The van der Waals surface area contributed by atoms with Crippen molar-refractivity contribution in [2.45, 2.75) is 39.7 Å². The van der Waals surface area contributed by atoms with Gasteiger partial charge in [0.1, 0.15) is 15.8 Å². The molecule has 9 heteroatoms. The molecule has 4 rings (SSSR count). The lowest BCUT2D eigenvalue weighted by Crippen LogP contribution is -2.27. The molecule has 0 bridgehead atoms. The number of anilines is 1. The fraction of sp³-hybridized carbons (Fsp3) is 0.280. The topological polar surface area (TPSA) is 66.7 Å². The molecule has 1 fully saturated rings. The van der Waals surface area contributed by atoms with Gasteiger partial charge in [-0.1, -0.05) is 79.6 Å². The van der Waals surface area contributed by atoms with Gasteiger partial charge in [-0.3, -0.25) is 18.9 Å². The van der Waals surface area contributed by atoms with Gasteiger partial charge in [-0.2, -0.15) is 0 Å². The zero-order valence-corrected chi connectivity index (χ0v) is 21.4. The molecule has 1 N–H and O–H groups in total. The number of nitrogens with one attached hydrogen (secondary N) is 1. The standard InChI is InChI=1S/C25H25ClN4O2S2/c1-3-4-7-12-27-22-18(23(31)29-14-16(2)10-11-21(29)28-22)13-20-24(32)30(25(33)34-20)15-17-8-5-6-9-19(17)26/h5-6,8-11,13-14,27H,3-4,7,12,15H2,1-2H3. The lowest BCUT2D eigenvalue weighted by Gasteiger charge is -2.15. The van der Waals surface area contributed by atoms with Crippen LogP contribution in [0.2, 0.25) is 5.02 Å². The average molecular weight is 513 g/mol. The highest BCUT2D eigenvalue weighted by Gasteiger charge is 2.33. The summed E-state index contributed by atoms with van der Waals surface area (Å²) < 4.78 is 1.95. The van der Waals surface area contributed by atoms with Crippen molar-refractivity contribution < 1.29 is 4.79 Å². The minimum atomic E-state index is -0.249. The Morgan fingerprint density at radius 2 is 1.97 bits per heavy atom. The van der Waals surface area contributed by atoms with Gasteiger partial charge in [0.25, 0.3) is 11.5 Å². The van der Waals surface area contributed by atoms with E-state index in [4.69, 9.17) is 23.8 Å². The van der Waals surface area contributed by atoms with Gasteiger partial charge in [-0.15, -0.1) is 0 Å². The SMILES string of the molecule is CCCCCNc1nc2ccc(C)cn2c(=O)c1C=C1SC(=S)N(Cc2ccccc2Cl)C1=O. The van der Waals surface area contributed by atoms with Crippen LogP contribution in [0.3, 0.4) is 0 Å². The summed E-state index contributed by atoms with van der Waals surface area (Å²) in [5.41, 5.74) is 2.41. The Bertz CT molecular complexity index is 1350. The van der Waals surface area contributed by atoms with Crippen LogP contribution < -0.4 is 10.9 Å². The zero-order valence-electron chi connectivity index (χ0n) is 19.0. The number of aryl methyl sites for hydroxylation is 1. The van der Waals surface area contributed by atoms with Crippen LogP contribution in [0, 0.1) is 6.92 Å². The largest absolute Gasteiger partial charge is 0.369 e. The quantitative estimate of drug-likeness (QED) is 0.238. The molecule has 0 unspecified atom stereocenters. The maximum atomic E-state index is 13.4. The molecule has 0 aliphatic carbocycles. The van der Waals surface area contributed by atoms with Crippen LogP contribution in [0.5, 0.6) is 0 Å². The summed E-state index contributed by atoms with van der Waals surface area (Å²) in [5.74, 6) is 0.224. The number of benzene rings is 1. The lowest BCUT2D eigenvalue weighted by atomic mass is 10.2. The second-order valence-corrected chi connectivity index (χ2v) is 10.2. The number of unbranched alkanes of at least 4 members (excludes halogenated alkanes) is 2. The monoisotopic (exact) mass is 512 g/mol. The number of fused-ring (bicyclic) bond motifs is 1. The summed E-state index contributed by atoms with van der Waals surface area (Å²) >= 11 is 12.9. The Hall–Kier alpha value is -2.68. The summed E-state index contributed by atoms with van der Waals surface area (Å²) in [7, 11) is 0. The number of amides is 1. The fourth-order valence-corrected chi connectivity index (χ4v) is 5.10. The summed E-state index contributed by atoms with van der Waals surface area (Å²) in [6.45, 7) is 5.02. The van der Waals surface area contributed by atoms with E-state index in [9.17, 15) is 9.59 Å². The maximum Gasteiger partial charge on any atom is 0.267 e. The minimum Gasteiger partial charge on any atom is -0.369 e. The number of halogens is 1. The molecular weight excluding hydrogens is 488 g/mol. The van der Waals surface area contributed by atoms with Gasteiger partial charge in [0, 0.05) is 17.8 Å². The van der Waals surface area contributed by atoms with E-state index in [1.807, 2.05) is 37.3 Å². The number of pyridine rings is 1. The second kappa shape index (κ2) is 10.7. The van der Waals surface area contributed by atoms with Crippen molar-refractivity contribution in [2.24, 2.45) is 0 Å². The van der Waals surface area contributed by atoms with Crippen LogP contribution >= 0.6 is 35.6 Å². The highest BCUT2D eigenvalue weighted by molar-refractivity contribution is 8.26. The van der Waals surface area contributed by atoms with Crippen LogP contribution in [0.15, 0.2) is 52.3 Å². The lowest BCUT2D eigenvalue weighted by molar-refractivity contribution is -0.122. The third kappa shape index (κ3) is 5.19. The van der Waals surface area contributed by atoms with Gasteiger partial charge in [-0.05, 0) is 42.7 Å². The first kappa shape index (κ1) is 24.4. The van der Waals surface area contributed by atoms with Gasteiger partial charge in [0.05, 0.1) is 17.0 Å². The van der Waals surface area contributed by atoms with Crippen molar-refractivity contribution >= 4 is 63.3 Å². The number of thiocarbonyl (C=S) groups is 1. The van der Waals surface area contributed by atoms with Gasteiger partial charge in [0.15, 0.2) is 0 Å². The number of aromatic nitrogens is 2. The number of hydrogen-bond donors (Lipinski definition) is 1. The molecule has 1 aliphatic rings. The van der Waals surface area contributed by atoms with Crippen LogP contribution in [0.4, 0.5) is 5.82 Å². The third-order valence-electron chi connectivity index (χ3n) is 5.51. The molecule has 0 spiro atoms. The molecule has 3 aromatic rings. The second-order valence-electron chi connectivity index (χ2n) is 8.11. The van der Waals surface area contributed by atoms with Gasteiger partial charge in [0.2, 0.25) is 0 Å². The molecule has 176 valence electrons. The molecule has 1 amide bonds. The molecule has 0 atom stereocenters. The number of nitrogens with zero attached hydrogens (tertiary/aromatic N) is 3. The van der Waals surface area contributed by atoms with Crippen molar-refractivity contribution in [1.29, 1.82) is 0 Å². The van der Waals surface area contributed by atoms with Crippen LogP contribution in [-0.2, 0) is 11.3 Å². The average Bonchev–Trinajstić information content (AvgIpc) is 3.08. The minimum absolute atomic E-state index is 0.233. The molecule has 2 aromatic heterocycles. The predicted octanol–water partition coefficient (Wildman–Crippen LogP) is 5.66. The Kier molecular flexibility index (Phi) is 7.70. The van der Waals surface area contributed by atoms with E-state index >= 15 is 0 Å². The molecule has 3 heterocycles. The smallest absolute Gasteiger partial charge is 0.267 e. The molecule has 1 aromatic carbocycles. The number of rotatable bonds is 8. The molecule has 0 saturated carbocycles. The van der Waals surface area contributed by atoms with Crippen molar-refractivity contribution in [3.05, 3.63) is 79.6 Å².